The number of nitrogens with zero attached hydrogens (tertiary/aromatic N) is 2. The van der Waals surface area contributed by atoms with Crippen molar-refractivity contribution in [2.24, 2.45) is 0 Å². The molecule has 4 aromatic rings. The highest BCUT2D eigenvalue weighted by molar-refractivity contribution is 14.1. The molecule has 1 N–H and O–H groups in total. The van der Waals surface area contributed by atoms with Crippen LogP contribution < -0.4 is 5.32 Å². The number of benzene rings is 3. The van der Waals surface area contributed by atoms with Crippen molar-refractivity contribution in [3.63, 3.8) is 0 Å². The number of hydrogen-bond donors (Lipinski definition) is 1. The van der Waals surface area contributed by atoms with Gasteiger partial charge in [-0.05, 0) is 64.6 Å². The van der Waals surface area contributed by atoms with E-state index in [9.17, 15) is 14.4 Å². The number of nitrogens with one attached hydrogen (secondary N) is 1. The molecule has 0 fully saturated rings. The zero-order valence-electron chi connectivity index (χ0n) is 18.2. The fourth-order valence-electron chi connectivity index (χ4n) is 4.41. The van der Waals surface area contributed by atoms with Gasteiger partial charge in [-0.25, -0.2) is 0 Å². The topological polar surface area (TPSA) is 79.4 Å². The Kier molecular flexibility index (Phi) is 5.87. The van der Waals surface area contributed by atoms with Gasteiger partial charge < -0.3 is 5.32 Å². The van der Waals surface area contributed by atoms with Crippen LogP contribution >= 0.6 is 22.6 Å². The standard InChI is InChI=1S/C27H20IN3O3/c1-16(18-8-4-10-19(28)15-18)24(31-26(33)20-11-2-3-12-21(20)27(31)34)25(32)30-22-13-5-7-17-9-6-14-29-23(17)22/h2-16,24H,1H3,(H,30,32)/t16?,24-/m0/s1. The van der Waals surface area contributed by atoms with Crippen molar-refractivity contribution in [2.45, 2.75) is 18.9 Å². The summed E-state index contributed by atoms with van der Waals surface area (Å²) in [5, 5.41) is 3.82. The van der Waals surface area contributed by atoms with E-state index in [0.717, 1.165) is 19.4 Å². The number of halogens is 1. The summed E-state index contributed by atoms with van der Waals surface area (Å²) in [4.78, 5) is 46.0. The number of pyridine rings is 1. The van der Waals surface area contributed by atoms with E-state index < -0.39 is 29.7 Å². The van der Waals surface area contributed by atoms with Crippen LogP contribution in [0, 0.1) is 3.57 Å². The van der Waals surface area contributed by atoms with Crippen LogP contribution in [0.1, 0.15) is 39.1 Å². The van der Waals surface area contributed by atoms with Gasteiger partial charge in [-0.1, -0.05) is 49.4 Å². The maximum atomic E-state index is 13.8. The van der Waals surface area contributed by atoms with Gasteiger partial charge in [-0.3, -0.25) is 24.3 Å². The molecule has 0 radical (unpaired) electrons. The summed E-state index contributed by atoms with van der Waals surface area (Å²) in [5.74, 6) is -1.82. The molecule has 3 aromatic carbocycles. The molecule has 0 aliphatic carbocycles. The summed E-state index contributed by atoms with van der Waals surface area (Å²) in [6.07, 6.45) is 1.66. The highest BCUT2D eigenvalue weighted by Gasteiger charge is 2.45. The van der Waals surface area contributed by atoms with Crippen LogP contribution in [0.5, 0.6) is 0 Å². The Balaban J connectivity index is 1.58. The molecule has 1 unspecified atom stereocenters. The molecule has 2 atom stereocenters. The fraction of sp³-hybridized carbons (Fsp3) is 0.111. The molecule has 168 valence electrons. The van der Waals surface area contributed by atoms with Crippen LogP contribution in [0.15, 0.2) is 85.1 Å². The monoisotopic (exact) mass is 561 g/mol. The molecule has 1 aliphatic heterocycles. The molecule has 1 aliphatic rings. The summed E-state index contributed by atoms with van der Waals surface area (Å²) in [6, 6.07) is 22.6. The SMILES string of the molecule is CC(c1cccc(I)c1)[C@@H](C(=O)Nc1cccc2cccnc12)N1C(=O)c2ccccc2C1=O. The second-order valence-electron chi connectivity index (χ2n) is 8.18. The van der Waals surface area contributed by atoms with E-state index in [1.165, 1.54) is 0 Å². The zero-order chi connectivity index (χ0) is 23.8. The molecule has 0 saturated heterocycles. The van der Waals surface area contributed by atoms with Crippen LogP contribution in [0.25, 0.3) is 10.9 Å². The highest BCUT2D eigenvalue weighted by atomic mass is 127. The van der Waals surface area contributed by atoms with Gasteiger partial charge in [0.05, 0.1) is 22.3 Å². The average molecular weight is 561 g/mol. The maximum Gasteiger partial charge on any atom is 0.262 e. The molecule has 3 amide bonds. The van der Waals surface area contributed by atoms with Crippen LogP contribution in [0.2, 0.25) is 0 Å². The lowest BCUT2D eigenvalue weighted by Crippen LogP contribution is -2.50. The van der Waals surface area contributed by atoms with Gasteiger partial charge >= 0.3 is 0 Å². The van der Waals surface area contributed by atoms with E-state index in [4.69, 9.17) is 0 Å². The summed E-state index contributed by atoms with van der Waals surface area (Å²) < 4.78 is 1.00. The molecule has 5 rings (SSSR count). The van der Waals surface area contributed by atoms with Crippen LogP contribution in [-0.2, 0) is 4.79 Å². The Morgan fingerprint density at radius 3 is 2.29 bits per heavy atom. The van der Waals surface area contributed by atoms with Gasteiger partial charge in [0, 0.05) is 21.1 Å². The lowest BCUT2D eigenvalue weighted by Gasteiger charge is -2.30. The molecule has 7 heteroatoms. The third-order valence-corrected chi connectivity index (χ3v) is 6.78. The quantitative estimate of drug-likeness (QED) is 0.267. The van der Waals surface area contributed by atoms with E-state index in [2.05, 4.69) is 32.9 Å². The first-order chi connectivity index (χ1) is 16.5. The lowest BCUT2D eigenvalue weighted by molar-refractivity contribution is -0.120. The van der Waals surface area contributed by atoms with E-state index in [1.54, 1.807) is 36.5 Å². The first-order valence-electron chi connectivity index (χ1n) is 10.8. The number of rotatable bonds is 5. The predicted octanol–water partition coefficient (Wildman–Crippen LogP) is 5.25. The number of aromatic nitrogens is 1. The highest BCUT2D eigenvalue weighted by Crippen LogP contribution is 2.33. The third-order valence-electron chi connectivity index (χ3n) is 6.11. The number of carbonyl (C=O) groups is 3. The second kappa shape index (κ2) is 8.98. The Bertz CT molecular complexity index is 1410. The van der Waals surface area contributed by atoms with Gasteiger partial charge in [-0.2, -0.15) is 0 Å². The Labute approximate surface area is 210 Å². The van der Waals surface area contributed by atoms with Crippen molar-refractivity contribution in [3.8, 4) is 0 Å². The smallest absolute Gasteiger partial charge is 0.262 e. The van der Waals surface area contributed by atoms with Crippen molar-refractivity contribution in [1.82, 2.24) is 9.88 Å². The van der Waals surface area contributed by atoms with Crippen LogP contribution in [-0.4, -0.2) is 33.6 Å². The molecule has 2 heterocycles. The van der Waals surface area contributed by atoms with Crippen LogP contribution in [0.4, 0.5) is 5.69 Å². The first-order valence-corrected chi connectivity index (χ1v) is 11.9. The molecule has 0 saturated carbocycles. The molecular formula is C27H20IN3O3. The lowest BCUT2D eigenvalue weighted by atomic mass is 9.91. The van der Waals surface area contributed by atoms with E-state index >= 15 is 0 Å². The number of hydrogen-bond acceptors (Lipinski definition) is 4. The number of anilines is 1. The molecule has 6 nitrogen and oxygen atoms in total. The second-order valence-corrected chi connectivity index (χ2v) is 9.43. The summed E-state index contributed by atoms with van der Waals surface area (Å²) in [5.41, 5.74) is 2.65. The van der Waals surface area contributed by atoms with Gasteiger partial charge in [0.1, 0.15) is 6.04 Å². The van der Waals surface area contributed by atoms with Gasteiger partial charge in [0.2, 0.25) is 5.91 Å². The Morgan fingerprint density at radius 2 is 1.59 bits per heavy atom. The minimum absolute atomic E-state index is 0.312. The maximum absolute atomic E-state index is 13.8. The molecular weight excluding hydrogens is 541 g/mol. The molecule has 0 bridgehead atoms. The first kappa shape index (κ1) is 22.2. The number of carbonyl (C=O) groups excluding carboxylic acids is 3. The largest absolute Gasteiger partial charge is 0.322 e. The minimum Gasteiger partial charge on any atom is -0.322 e. The number of para-hydroxylation sites is 1. The van der Waals surface area contributed by atoms with Crippen molar-refractivity contribution < 1.29 is 14.4 Å². The number of amides is 3. The predicted molar refractivity (Wildman–Crippen MR) is 139 cm³/mol. The Hall–Kier alpha value is -3.59. The van der Waals surface area contributed by atoms with Crippen LogP contribution in [0.3, 0.4) is 0 Å². The van der Waals surface area contributed by atoms with E-state index in [1.807, 2.05) is 55.5 Å². The van der Waals surface area contributed by atoms with Gasteiger partial charge in [0.15, 0.2) is 0 Å². The minimum atomic E-state index is -1.05. The molecule has 34 heavy (non-hydrogen) atoms. The summed E-state index contributed by atoms with van der Waals surface area (Å²) in [7, 11) is 0. The van der Waals surface area contributed by atoms with Crippen molar-refractivity contribution in [3.05, 3.63) is 105 Å². The summed E-state index contributed by atoms with van der Waals surface area (Å²) in [6.45, 7) is 1.86. The Morgan fingerprint density at radius 1 is 0.912 bits per heavy atom. The summed E-state index contributed by atoms with van der Waals surface area (Å²) >= 11 is 2.21. The number of fused-ring (bicyclic) bond motifs is 2. The van der Waals surface area contributed by atoms with E-state index in [-0.39, 0.29) is 0 Å². The molecule has 0 spiro atoms. The normalized spacial score (nSPS) is 14.7. The van der Waals surface area contributed by atoms with Gasteiger partial charge in [-0.15, -0.1) is 0 Å². The zero-order valence-corrected chi connectivity index (χ0v) is 20.4. The van der Waals surface area contributed by atoms with Crippen molar-refractivity contribution in [2.75, 3.05) is 5.32 Å². The van der Waals surface area contributed by atoms with Crippen molar-refractivity contribution in [1.29, 1.82) is 0 Å². The third kappa shape index (κ3) is 3.86. The van der Waals surface area contributed by atoms with E-state index in [0.29, 0.717) is 22.3 Å². The van der Waals surface area contributed by atoms with Gasteiger partial charge in [0.25, 0.3) is 11.8 Å². The molecule has 1 aromatic heterocycles. The number of imide groups is 1. The fourth-order valence-corrected chi connectivity index (χ4v) is 4.98. The van der Waals surface area contributed by atoms with Crippen molar-refractivity contribution >= 4 is 56.9 Å². The average Bonchev–Trinajstić information content (AvgIpc) is 3.10.